The molecule has 0 aliphatic heterocycles. The van der Waals surface area contributed by atoms with Gasteiger partial charge >= 0.3 is 0 Å². The van der Waals surface area contributed by atoms with Crippen LogP contribution in [0.1, 0.15) is 24.1 Å². The lowest BCUT2D eigenvalue weighted by Crippen LogP contribution is -2.18. The number of para-hydroxylation sites is 1. The zero-order chi connectivity index (χ0) is 14.7. The third-order valence-electron chi connectivity index (χ3n) is 3.57. The maximum Gasteiger partial charge on any atom is 0.203 e. The van der Waals surface area contributed by atoms with Gasteiger partial charge < -0.3 is 0 Å². The van der Waals surface area contributed by atoms with Gasteiger partial charge in [0.1, 0.15) is 5.69 Å². The fraction of sp³-hybridized carbons (Fsp3) is 0.111. The predicted molar refractivity (Wildman–Crippen MR) is 83.8 cm³/mol. The summed E-state index contributed by atoms with van der Waals surface area (Å²) in [6.07, 6.45) is 1.71. The molecule has 0 saturated carbocycles. The van der Waals surface area contributed by atoms with Crippen LogP contribution < -0.4 is 5.43 Å². The third kappa shape index (κ3) is 2.77. The van der Waals surface area contributed by atoms with Crippen LogP contribution in [0, 0.1) is 0 Å². The average molecular weight is 276 g/mol. The van der Waals surface area contributed by atoms with Gasteiger partial charge in [-0.15, -0.1) is 0 Å². The molecule has 1 atom stereocenters. The number of benzene rings is 2. The van der Waals surface area contributed by atoms with E-state index in [1.807, 2.05) is 67.6 Å². The standard InChI is InChI=1S/C18H16N2O/c1-14(15-8-4-2-5-9-15)18-17(21)12-13-20(19-18)16-10-6-3-7-11-16/h2-14H,1H3. The highest BCUT2D eigenvalue weighted by Crippen LogP contribution is 2.19. The summed E-state index contributed by atoms with van der Waals surface area (Å²) < 4.78 is 1.75. The van der Waals surface area contributed by atoms with Crippen LogP contribution in [0.3, 0.4) is 0 Å². The first kappa shape index (κ1) is 13.3. The van der Waals surface area contributed by atoms with E-state index in [0.29, 0.717) is 5.69 Å². The monoisotopic (exact) mass is 276 g/mol. The van der Waals surface area contributed by atoms with E-state index in [-0.39, 0.29) is 11.3 Å². The largest absolute Gasteiger partial charge is 0.288 e. The molecule has 0 radical (unpaired) electrons. The van der Waals surface area contributed by atoms with E-state index >= 15 is 0 Å². The van der Waals surface area contributed by atoms with Crippen LogP contribution in [0.4, 0.5) is 0 Å². The van der Waals surface area contributed by atoms with Crippen molar-refractivity contribution >= 4 is 0 Å². The van der Waals surface area contributed by atoms with E-state index in [0.717, 1.165) is 11.3 Å². The Balaban J connectivity index is 2.05. The molecule has 0 fully saturated rings. The van der Waals surface area contributed by atoms with Crippen LogP contribution in [-0.2, 0) is 0 Å². The molecule has 3 aromatic rings. The van der Waals surface area contributed by atoms with E-state index in [2.05, 4.69) is 5.10 Å². The molecule has 1 unspecified atom stereocenters. The van der Waals surface area contributed by atoms with Crippen molar-refractivity contribution in [2.75, 3.05) is 0 Å². The molecule has 0 N–H and O–H groups in total. The van der Waals surface area contributed by atoms with Crippen LogP contribution >= 0.6 is 0 Å². The molecule has 0 aliphatic rings. The molecule has 0 spiro atoms. The molecular weight excluding hydrogens is 260 g/mol. The predicted octanol–water partition coefficient (Wildman–Crippen LogP) is 3.38. The highest BCUT2D eigenvalue weighted by atomic mass is 16.1. The summed E-state index contributed by atoms with van der Waals surface area (Å²) >= 11 is 0. The Hall–Kier alpha value is -2.68. The maximum atomic E-state index is 12.1. The van der Waals surface area contributed by atoms with E-state index in [1.165, 1.54) is 0 Å². The van der Waals surface area contributed by atoms with Crippen molar-refractivity contribution < 1.29 is 0 Å². The first-order valence-electron chi connectivity index (χ1n) is 6.96. The molecule has 0 aliphatic carbocycles. The summed E-state index contributed by atoms with van der Waals surface area (Å²) in [5.41, 5.74) is 2.57. The van der Waals surface area contributed by atoms with Crippen molar-refractivity contribution in [3.8, 4) is 5.69 Å². The normalized spacial score (nSPS) is 12.0. The smallest absolute Gasteiger partial charge is 0.203 e. The van der Waals surface area contributed by atoms with Gasteiger partial charge in [0.15, 0.2) is 0 Å². The molecule has 3 rings (SSSR count). The van der Waals surface area contributed by atoms with Crippen molar-refractivity contribution in [3.63, 3.8) is 0 Å². The average Bonchev–Trinajstić information content (AvgIpc) is 2.56. The molecule has 0 saturated heterocycles. The summed E-state index contributed by atoms with van der Waals surface area (Å²) in [4.78, 5) is 12.1. The second-order valence-corrected chi connectivity index (χ2v) is 4.98. The number of nitrogens with zero attached hydrogens (tertiary/aromatic N) is 2. The van der Waals surface area contributed by atoms with Crippen molar-refractivity contribution in [1.82, 2.24) is 9.78 Å². The quantitative estimate of drug-likeness (QED) is 0.735. The van der Waals surface area contributed by atoms with Crippen molar-refractivity contribution in [2.45, 2.75) is 12.8 Å². The first-order valence-corrected chi connectivity index (χ1v) is 6.96. The van der Waals surface area contributed by atoms with Crippen molar-refractivity contribution in [2.24, 2.45) is 0 Å². The second-order valence-electron chi connectivity index (χ2n) is 4.98. The van der Waals surface area contributed by atoms with Gasteiger partial charge in [-0.1, -0.05) is 55.5 Å². The molecule has 104 valence electrons. The van der Waals surface area contributed by atoms with Gasteiger partial charge in [-0.25, -0.2) is 4.68 Å². The molecular formula is C18H16N2O. The number of hydrogen-bond acceptors (Lipinski definition) is 2. The highest BCUT2D eigenvalue weighted by molar-refractivity contribution is 5.32. The van der Waals surface area contributed by atoms with Crippen LogP contribution in [0.15, 0.2) is 77.7 Å². The second kappa shape index (κ2) is 5.75. The van der Waals surface area contributed by atoms with E-state index in [1.54, 1.807) is 16.9 Å². The fourth-order valence-corrected chi connectivity index (χ4v) is 2.35. The van der Waals surface area contributed by atoms with Crippen LogP contribution in [-0.4, -0.2) is 9.78 Å². The lowest BCUT2D eigenvalue weighted by atomic mass is 9.97. The Labute approximate surface area is 123 Å². The van der Waals surface area contributed by atoms with Gasteiger partial charge in [-0.05, 0) is 17.7 Å². The lowest BCUT2D eigenvalue weighted by molar-refractivity contribution is 0.742. The zero-order valence-electron chi connectivity index (χ0n) is 11.8. The molecule has 1 heterocycles. The van der Waals surface area contributed by atoms with Gasteiger partial charge in [0, 0.05) is 18.2 Å². The van der Waals surface area contributed by atoms with E-state index in [9.17, 15) is 4.79 Å². The molecule has 0 amide bonds. The first-order chi connectivity index (χ1) is 10.3. The topological polar surface area (TPSA) is 34.9 Å². The van der Waals surface area contributed by atoms with E-state index in [4.69, 9.17) is 0 Å². The number of rotatable bonds is 3. The summed E-state index contributed by atoms with van der Waals surface area (Å²) in [6, 6.07) is 21.3. The Morgan fingerprint density at radius 2 is 1.52 bits per heavy atom. The van der Waals surface area contributed by atoms with Crippen molar-refractivity contribution in [1.29, 1.82) is 0 Å². The van der Waals surface area contributed by atoms with Gasteiger partial charge in [-0.2, -0.15) is 5.10 Å². The SMILES string of the molecule is CC(c1ccccc1)c1nn(-c2ccccc2)ccc1=O. The minimum Gasteiger partial charge on any atom is -0.288 e. The molecule has 0 bridgehead atoms. The highest BCUT2D eigenvalue weighted by Gasteiger charge is 2.14. The Morgan fingerprint density at radius 3 is 2.19 bits per heavy atom. The number of hydrogen-bond donors (Lipinski definition) is 0. The van der Waals surface area contributed by atoms with Gasteiger partial charge in [-0.3, -0.25) is 4.79 Å². The fourth-order valence-electron chi connectivity index (χ4n) is 2.35. The zero-order valence-corrected chi connectivity index (χ0v) is 11.8. The van der Waals surface area contributed by atoms with Crippen molar-refractivity contribution in [3.05, 3.63) is 94.4 Å². The molecule has 3 nitrogen and oxygen atoms in total. The minimum absolute atomic E-state index is 0.0291. The molecule has 3 heteroatoms. The van der Waals surface area contributed by atoms with E-state index < -0.39 is 0 Å². The van der Waals surface area contributed by atoms with Gasteiger partial charge in [0.05, 0.1) is 5.69 Å². The minimum atomic E-state index is -0.0325. The third-order valence-corrected chi connectivity index (χ3v) is 3.57. The Bertz CT molecular complexity index is 779. The molecule has 21 heavy (non-hydrogen) atoms. The number of aromatic nitrogens is 2. The molecule has 2 aromatic carbocycles. The Morgan fingerprint density at radius 1 is 0.905 bits per heavy atom. The maximum absolute atomic E-state index is 12.1. The van der Waals surface area contributed by atoms with Crippen LogP contribution in [0.2, 0.25) is 0 Å². The Kier molecular flexibility index (Phi) is 3.65. The summed E-state index contributed by atoms with van der Waals surface area (Å²) in [6.45, 7) is 2.01. The van der Waals surface area contributed by atoms with Gasteiger partial charge in [0.2, 0.25) is 5.43 Å². The summed E-state index contributed by atoms with van der Waals surface area (Å²) in [5.74, 6) is -0.0325. The lowest BCUT2D eigenvalue weighted by Gasteiger charge is -2.13. The van der Waals surface area contributed by atoms with Gasteiger partial charge in [0.25, 0.3) is 0 Å². The summed E-state index contributed by atoms with van der Waals surface area (Å²) in [7, 11) is 0. The van der Waals surface area contributed by atoms with Crippen LogP contribution in [0.5, 0.6) is 0 Å². The molecule has 1 aromatic heterocycles. The summed E-state index contributed by atoms with van der Waals surface area (Å²) in [5, 5.41) is 4.52. The van der Waals surface area contributed by atoms with Crippen LogP contribution in [0.25, 0.3) is 5.69 Å².